The quantitative estimate of drug-likeness (QED) is 0.633. The van der Waals surface area contributed by atoms with Crippen molar-refractivity contribution in [3.05, 3.63) is 41.5 Å². The Kier molecular flexibility index (Phi) is 1.90. The minimum atomic E-state index is -4.95. The van der Waals surface area contributed by atoms with Crippen molar-refractivity contribution in [2.45, 2.75) is 12.1 Å². The van der Waals surface area contributed by atoms with Gasteiger partial charge in [-0.1, -0.05) is 30.3 Å². The minimum absolute atomic E-state index is 0.0742. The summed E-state index contributed by atoms with van der Waals surface area (Å²) in [6, 6.07) is 6.87. The third-order valence-electron chi connectivity index (χ3n) is 2.16. The van der Waals surface area contributed by atoms with Crippen LogP contribution in [0, 0.1) is 0 Å². The lowest BCUT2D eigenvalue weighted by Gasteiger charge is -2.01. The molecule has 15 heavy (non-hydrogen) atoms. The molecule has 0 nitrogen and oxygen atoms in total. The van der Waals surface area contributed by atoms with Crippen molar-refractivity contribution in [3.63, 3.8) is 0 Å². The van der Waals surface area contributed by atoms with E-state index in [0.717, 1.165) is 0 Å². The Morgan fingerprint density at radius 1 is 0.933 bits per heavy atom. The number of benzene rings is 1. The standard InChI is InChI=1S/C10H5F5/c11-9(12)7(8(9)10(13,14)15)6-4-2-1-3-5-6/h1-5H. The normalized spacial score (nSPS) is 19.3. The van der Waals surface area contributed by atoms with Gasteiger partial charge in [-0.15, -0.1) is 0 Å². The molecule has 0 spiro atoms. The summed E-state index contributed by atoms with van der Waals surface area (Å²) in [6.45, 7) is 0. The summed E-state index contributed by atoms with van der Waals surface area (Å²) in [7, 11) is 0. The van der Waals surface area contributed by atoms with Gasteiger partial charge in [0, 0.05) is 5.57 Å². The maximum Gasteiger partial charge on any atom is 0.419 e. The monoisotopic (exact) mass is 220 g/mol. The topological polar surface area (TPSA) is 0 Å². The highest BCUT2D eigenvalue weighted by atomic mass is 19.4. The highest BCUT2D eigenvalue weighted by molar-refractivity contribution is 5.92. The van der Waals surface area contributed by atoms with E-state index in [4.69, 9.17) is 0 Å². The second kappa shape index (κ2) is 2.81. The highest BCUT2D eigenvalue weighted by Crippen LogP contribution is 2.61. The number of hydrogen-bond acceptors (Lipinski definition) is 0. The second-order valence-electron chi connectivity index (χ2n) is 3.19. The first-order valence-corrected chi connectivity index (χ1v) is 4.11. The van der Waals surface area contributed by atoms with Crippen molar-refractivity contribution in [1.29, 1.82) is 0 Å². The molecule has 5 heteroatoms. The van der Waals surface area contributed by atoms with Gasteiger partial charge in [0.1, 0.15) is 5.57 Å². The van der Waals surface area contributed by atoms with Crippen LogP contribution < -0.4 is 0 Å². The van der Waals surface area contributed by atoms with Crippen molar-refractivity contribution < 1.29 is 22.0 Å². The summed E-state index contributed by atoms with van der Waals surface area (Å²) in [5, 5.41) is 0. The highest BCUT2D eigenvalue weighted by Gasteiger charge is 2.67. The lowest BCUT2D eigenvalue weighted by atomic mass is 10.2. The molecule has 1 aliphatic rings. The first-order chi connectivity index (χ1) is 6.85. The smallest absolute Gasteiger partial charge is 0.196 e. The predicted molar refractivity (Wildman–Crippen MR) is 44.4 cm³/mol. The van der Waals surface area contributed by atoms with Crippen LogP contribution in [0.1, 0.15) is 5.56 Å². The molecule has 1 aromatic rings. The first-order valence-electron chi connectivity index (χ1n) is 4.11. The third-order valence-corrected chi connectivity index (χ3v) is 2.16. The fraction of sp³-hybridized carbons (Fsp3) is 0.200. The van der Waals surface area contributed by atoms with Crippen molar-refractivity contribution in [2.24, 2.45) is 0 Å². The van der Waals surface area contributed by atoms with E-state index in [1.54, 1.807) is 6.07 Å². The molecule has 0 aromatic heterocycles. The molecule has 0 bridgehead atoms. The van der Waals surface area contributed by atoms with Crippen LogP contribution in [-0.4, -0.2) is 12.1 Å². The van der Waals surface area contributed by atoms with Gasteiger partial charge in [0.25, 0.3) is 0 Å². The molecule has 0 atom stereocenters. The van der Waals surface area contributed by atoms with E-state index < -0.39 is 23.2 Å². The van der Waals surface area contributed by atoms with Crippen LogP contribution in [0.4, 0.5) is 22.0 Å². The summed E-state index contributed by atoms with van der Waals surface area (Å²) in [5.41, 5.74) is -2.70. The van der Waals surface area contributed by atoms with Gasteiger partial charge in [0.05, 0.1) is 0 Å². The number of alkyl halides is 5. The van der Waals surface area contributed by atoms with Crippen molar-refractivity contribution in [1.82, 2.24) is 0 Å². The van der Waals surface area contributed by atoms with Crippen LogP contribution in [0.25, 0.3) is 5.57 Å². The maximum atomic E-state index is 12.8. The summed E-state index contributed by atoms with van der Waals surface area (Å²) >= 11 is 0. The fourth-order valence-corrected chi connectivity index (χ4v) is 1.49. The van der Waals surface area contributed by atoms with E-state index in [2.05, 4.69) is 0 Å². The molecule has 0 unspecified atom stereocenters. The minimum Gasteiger partial charge on any atom is -0.196 e. The molecular formula is C10H5F5. The van der Waals surface area contributed by atoms with Crippen LogP contribution in [-0.2, 0) is 0 Å². The Balaban J connectivity index is 2.44. The van der Waals surface area contributed by atoms with Crippen LogP contribution in [0.5, 0.6) is 0 Å². The van der Waals surface area contributed by atoms with Gasteiger partial charge in [0.15, 0.2) is 0 Å². The summed E-state index contributed by atoms with van der Waals surface area (Å²) < 4.78 is 62.1. The Bertz CT molecular complexity index is 413. The number of hydrogen-bond donors (Lipinski definition) is 0. The van der Waals surface area contributed by atoms with E-state index in [1.165, 1.54) is 24.3 Å². The van der Waals surface area contributed by atoms with Gasteiger partial charge in [-0.3, -0.25) is 0 Å². The van der Waals surface area contributed by atoms with Gasteiger partial charge in [0.2, 0.25) is 0 Å². The summed E-state index contributed by atoms with van der Waals surface area (Å²) in [4.78, 5) is 0. The third kappa shape index (κ3) is 1.52. The van der Waals surface area contributed by atoms with Crippen LogP contribution >= 0.6 is 0 Å². The molecule has 0 heterocycles. The zero-order valence-corrected chi connectivity index (χ0v) is 7.28. The van der Waals surface area contributed by atoms with E-state index in [1.807, 2.05) is 0 Å². The zero-order valence-electron chi connectivity index (χ0n) is 7.28. The average Bonchev–Trinajstić information content (AvgIpc) is 2.70. The Morgan fingerprint density at radius 2 is 1.47 bits per heavy atom. The SMILES string of the molecule is FC(F)(F)C1=C(c2ccccc2)C1(F)F. The summed E-state index contributed by atoms with van der Waals surface area (Å²) in [5.74, 6) is -3.82. The molecular weight excluding hydrogens is 215 g/mol. The second-order valence-corrected chi connectivity index (χ2v) is 3.19. The molecule has 0 fully saturated rings. The van der Waals surface area contributed by atoms with Crippen molar-refractivity contribution in [3.8, 4) is 0 Å². The van der Waals surface area contributed by atoms with E-state index in [0.29, 0.717) is 0 Å². The lowest BCUT2D eigenvalue weighted by molar-refractivity contribution is -0.102. The van der Waals surface area contributed by atoms with Gasteiger partial charge in [-0.25, -0.2) is 0 Å². The Hall–Kier alpha value is -1.39. The number of halogens is 5. The number of rotatable bonds is 1. The first kappa shape index (κ1) is 10.1. The zero-order chi connectivity index (χ0) is 11.3. The van der Waals surface area contributed by atoms with E-state index >= 15 is 0 Å². The van der Waals surface area contributed by atoms with Gasteiger partial charge < -0.3 is 0 Å². The maximum absolute atomic E-state index is 12.8. The Morgan fingerprint density at radius 3 is 1.87 bits per heavy atom. The molecule has 1 aromatic carbocycles. The van der Waals surface area contributed by atoms with Crippen LogP contribution in [0.2, 0.25) is 0 Å². The van der Waals surface area contributed by atoms with E-state index in [-0.39, 0.29) is 5.56 Å². The molecule has 0 N–H and O–H groups in total. The van der Waals surface area contributed by atoms with Crippen LogP contribution in [0.15, 0.2) is 35.9 Å². The van der Waals surface area contributed by atoms with Crippen molar-refractivity contribution >= 4 is 5.57 Å². The average molecular weight is 220 g/mol. The van der Waals surface area contributed by atoms with Gasteiger partial charge >= 0.3 is 12.1 Å². The molecule has 1 aliphatic carbocycles. The fourth-order valence-electron chi connectivity index (χ4n) is 1.49. The van der Waals surface area contributed by atoms with Crippen LogP contribution in [0.3, 0.4) is 0 Å². The largest absolute Gasteiger partial charge is 0.419 e. The molecule has 0 radical (unpaired) electrons. The Labute approximate surface area is 82.0 Å². The van der Waals surface area contributed by atoms with E-state index in [9.17, 15) is 22.0 Å². The number of allylic oxidation sites excluding steroid dienone is 2. The molecule has 80 valence electrons. The predicted octanol–water partition coefficient (Wildman–Crippen LogP) is 3.65. The molecule has 0 aliphatic heterocycles. The van der Waals surface area contributed by atoms with Gasteiger partial charge in [-0.05, 0) is 5.56 Å². The van der Waals surface area contributed by atoms with Gasteiger partial charge in [-0.2, -0.15) is 22.0 Å². The lowest BCUT2D eigenvalue weighted by Crippen LogP contribution is -2.12. The molecule has 0 saturated carbocycles. The summed E-state index contributed by atoms with van der Waals surface area (Å²) in [6.07, 6.45) is -4.95. The molecule has 0 saturated heterocycles. The van der Waals surface area contributed by atoms with Crippen molar-refractivity contribution in [2.75, 3.05) is 0 Å². The molecule has 0 amide bonds. The molecule has 2 rings (SSSR count).